The Kier molecular flexibility index (Phi) is 2.99. The Hall–Kier alpha value is -1.39. The van der Waals surface area contributed by atoms with E-state index in [-0.39, 0.29) is 0 Å². The van der Waals surface area contributed by atoms with Gasteiger partial charge in [-0.1, -0.05) is 6.07 Å². The van der Waals surface area contributed by atoms with Crippen molar-refractivity contribution in [3.63, 3.8) is 0 Å². The van der Waals surface area contributed by atoms with Gasteiger partial charge in [0, 0.05) is 20.7 Å². The van der Waals surface area contributed by atoms with Crippen LogP contribution in [0.15, 0.2) is 35.7 Å². The number of primary amides is 1. The molecule has 0 atom stereocenters. The monoisotopic (exact) mass is 235 g/mol. The fourth-order valence-corrected chi connectivity index (χ4v) is 2.90. The summed E-state index contributed by atoms with van der Waals surface area (Å²) in [6, 6.07) is 8.15. The molecule has 0 aromatic carbocycles. The van der Waals surface area contributed by atoms with E-state index >= 15 is 0 Å². The highest BCUT2D eigenvalue weighted by atomic mass is 32.1. The van der Waals surface area contributed by atoms with Gasteiger partial charge in [-0.2, -0.15) is 0 Å². The maximum Gasteiger partial charge on any atom is 0.241 e. The molecule has 15 heavy (non-hydrogen) atoms. The van der Waals surface area contributed by atoms with Gasteiger partial charge in [0.1, 0.15) is 0 Å². The molecule has 0 radical (unpaired) electrons. The number of carbonyl (C=O) groups is 1. The van der Waals surface area contributed by atoms with Crippen molar-refractivity contribution in [3.05, 3.63) is 40.6 Å². The predicted molar refractivity (Wildman–Crippen MR) is 65.9 cm³/mol. The smallest absolute Gasteiger partial charge is 0.241 e. The van der Waals surface area contributed by atoms with E-state index in [0.29, 0.717) is 0 Å². The third kappa shape index (κ3) is 2.55. The zero-order valence-corrected chi connectivity index (χ0v) is 9.48. The number of thiophene rings is 2. The molecule has 2 nitrogen and oxygen atoms in total. The van der Waals surface area contributed by atoms with Gasteiger partial charge in [0.2, 0.25) is 5.91 Å². The molecule has 0 fully saturated rings. The SMILES string of the molecule is NC(=O)C=Cc1ccc(-c2cccs2)s1. The predicted octanol–water partition coefficient (Wildman–Crippen LogP) is 2.98. The summed E-state index contributed by atoms with van der Waals surface area (Å²) < 4.78 is 0. The Labute approximate surface area is 95.7 Å². The minimum absolute atomic E-state index is 0.416. The molecule has 2 aromatic heterocycles. The molecule has 76 valence electrons. The summed E-state index contributed by atoms with van der Waals surface area (Å²) in [5.74, 6) is -0.416. The van der Waals surface area contributed by atoms with Gasteiger partial charge in [-0.15, -0.1) is 22.7 Å². The maximum atomic E-state index is 10.6. The van der Waals surface area contributed by atoms with Crippen LogP contribution in [0.3, 0.4) is 0 Å². The van der Waals surface area contributed by atoms with Crippen LogP contribution in [0.25, 0.3) is 15.8 Å². The first-order chi connectivity index (χ1) is 7.25. The van der Waals surface area contributed by atoms with Gasteiger partial charge in [-0.05, 0) is 29.7 Å². The van der Waals surface area contributed by atoms with Gasteiger partial charge in [0.25, 0.3) is 0 Å². The van der Waals surface area contributed by atoms with Crippen molar-refractivity contribution in [2.24, 2.45) is 5.73 Å². The fraction of sp³-hybridized carbons (Fsp3) is 0. The number of rotatable bonds is 3. The number of amides is 1. The lowest BCUT2D eigenvalue weighted by atomic mass is 10.3. The summed E-state index contributed by atoms with van der Waals surface area (Å²) in [5.41, 5.74) is 5.02. The van der Waals surface area contributed by atoms with Crippen LogP contribution < -0.4 is 5.73 Å². The van der Waals surface area contributed by atoms with Gasteiger partial charge in [-0.3, -0.25) is 4.79 Å². The molecular weight excluding hydrogens is 226 g/mol. The Morgan fingerprint density at radius 3 is 2.80 bits per heavy atom. The molecule has 2 N–H and O–H groups in total. The number of hydrogen-bond acceptors (Lipinski definition) is 3. The number of nitrogens with two attached hydrogens (primary N) is 1. The summed E-state index contributed by atoms with van der Waals surface area (Å²) in [4.78, 5) is 14.1. The molecule has 2 heterocycles. The molecule has 0 aliphatic carbocycles. The standard InChI is InChI=1S/C11H9NOS2/c12-11(13)6-4-8-3-5-10(15-8)9-2-1-7-14-9/h1-7H,(H2,12,13). The summed E-state index contributed by atoms with van der Waals surface area (Å²) in [6.07, 6.45) is 3.12. The van der Waals surface area contributed by atoms with Crippen LogP contribution in [-0.4, -0.2) is 5.91 Å². The van der Waals surface area contributed by atoms with Crippen molar-refractivity contribution in [2.45, 2.75) is 0 Å². The Morgan fingerprint density at radius 2 is 2.13 bits per heavy atom. The summed E-state index contributed by atoms with van der Waals surface area (Å²) in [5, 5.41) is 2.05. The van der Waals surface area contributed by atoms with E-state index in [1.165, 1.54) is 15.8 Å². The van der Waals surface area contributed by atoms with Gasteiger partial charge in [-0.25, -0.2) is 0 Å². The highest BCUT2D eigenvalue weighted by Crippen LogP contribution is 2.31. The lowest BCUT2D eigenvalue weighted by Crippen LogP contribution is -2.04. The van der Waals surface area contributed by atoms with Crippen LogP contribution in [0.2, 0.25) is 0 Å². The van der Waals surface area contributed by atoms with E-state index in [1.807, 2.05) is 17.5 Å². The average molecular weight is 235 g/mol. The van der Waals surface area contributed by atoms with Crippen molar-refractivity contribution in [3.8, 4) is 9.75 Å². The van der Waals surface area contributed by atoms with E-state index < -0.39 is 5.91 Å². The molecule has 0 unspecified atom stereocenters. The van der Waals surface area contributed by atoms with Crippen molar-refractivity contribution < 1.29 is 4.79 Å². The highest BCUT2D eigenvalue weighted by molar-refractivity contribution is 7.21. The minimum Gasteiger partial charge on any atom is -0.366 e. The normalized spacial score (nSPS) is 10.9. The molecule has 0 aliphatic rings. The first-order valence-corrected chi connectivity index (χ1v) is 6.06. The van der Waals surface area contributed by atoms with Crippen LogP contribution in [0, 0.1) is 0 Å². The maximum absolute atomic E-state index is 10.6. The quantitative estimate of drug-likeness (QED) is 0.817. The Bertz CT molecular complexity index is 482. The fourth-order valence-electron chi connectivity index (χ4n) is 1.16. The summed E-state index contributed by atoms with van der Waals surface area (Å²) in [6.45, 7) is 0. The van der Waals surface area contributed by atoms with Gasteiger partial charge in [0.15, 0.2) is 0 Å². The minimum atomic E-state index is -0.416. The van der Waals surface area contributed by atoms with Crippen molar-refractivity contribution >= 4 is 34.7 Å². The van der Waals surface area contributed by atoms with E-state index in [0.717, 1.165) is 4.88 Å². The van der Waals surface area contributed by atoms with Crippen LogP contribution in [0.5, 0.6) is 0 Å². The van der Waals surface area contributed by atoms with Crippen molar-refractivity contribution in [1.29, 1.82) is 0 Å². The molecule has 0 bridgehead atoms. The van der Waals surface area contributed by atoms with Crippen LogP contribution in [0.1, 0.15) is 4.88 Å². The lowest BCUT2D eigenvalue weighted by molar-refractivity contribution is -0.113. The molecular formula is C11H9NOS2. The highest BCUT2D eigenvalue weighted by Gasteiger charge is 2.01. The molecule has 1 amide bonds. The summed E-state index contributed by atoms with van der Waals surface area (Å²) in [7, 11) is 0. The molecule has 0 aliphatic heterocycles. The molecule has 0 saturated carbocycles. The molecule has 0 saturated heterocycles. The molecule has 2 rings (SSSR count). The van der Waals surface area contributed by atoms with Gasteiger partial charge < -0.3 is 5.73 Å². The third-order valence-electron chi connectivity index (χ3n) is 1.80. The molecule has 0 spiro atoms. The Morgan fingerprint density at radius 1 is 1.27 bits per heavy atom. The van der Waals surface area contributed by atoms with E-state index in [1.54, 1.807) is 28.7 Å². The van der Waals surface area contributed by atoms with Crippen LogP contribution >= 0.6 is 22.7 Å². The van der Waals surface area contributed by atoms with Crippen LogP contribution in [0.4, 0.5) is 0 Å². The number of carbonyl (C=O) groups excluding carboxylic acids is 1. The lowest BCUT2D eigenvalue weighted by Gasteiger charge is -1.87. The second-order valence-electron chi connectivity index (χ2n) is 2.92. The van der Waals surface area contributed by atoms with Crippen molar-refractivity contribution in [2.75, 3.05) is 0 Å². The zero-order valence-electron chi connectivity index (χ0n) is 7.84. The van der Waals surface area contributed by atoms with Gasteiger partial charge >= 0.3 is 0 Å². The second-order valence-corrected chi connectivity index (χ2v) is 4.98. The van der Waals surface area contributed by atoms with E-state index in [4.69, 9.17) is 5.73 Å². The van der Waals surface area contributed by atoms with Crippen molar-refractivity contribution in [1.82, 2.24) is 0 Å². The van der Waals surface area contributed by atoms with Gasteiger partial charge in [0.05, 0.1) is 0 Å². The average Bonchev–Trinajstić information content (AvgIpc) is 2.85. The topological polar surface area (TPSA) is 43.1 Å². The molecule has 4 heteroatoms. The Balaban J connectivity index is 2.21. The zero-order chi connectivity index (χ0) is 10.7. The second kappa shape index (κ2) is 4.42. The third-order valence-corrected chi connectivity index (χ3v) is 3.92. The van der Waals surface area contributed by atoms with E-state index in [2.05, 4.69) is 12.1 Å². The summed E-state index contributed by atoms with van der Waals surface area (Å²) >= 11 is 3.36. The van der Waals surface area contributed by atoms with Crippen LogP contribution in [-0.2, 0) is 4.79 Å². The molecule has 2 aromatic rings. The van der Waals surface area contributed by atoms with E-state index in [9.17, 15) is 4.79 Å². The largest absolute Gasteiger partial charge is 0.366 e. The first-order valence-electron chi connectivity index (χ1n) is 4.37. The number of hydrogen-bond donors (Lipinski definition) is 1. The first kappa shape index (κ1) is 10.1.